The van der Waals surface area contributed by atoms with Gasteiger partial charge in [0.25, 0.3) is 0 Å². The van der Waals surface area contributed by atoms with E-state index in [1.165, 1.54) is 0 Å². The fourth-order valence-electron chi connectivity index (χ4n) is 3.91. The number of esters is 1. The fourth-order valence-corrected chi connectivity index (χ4v) is 3.91. The lowest BCUT2D eigenvalue weighted by Crippen LogP contribution is -2.45. The lowest BCUT2D eigenvalue weighted by molar-refractivity contribution is -0.151. The lowest BCUT2D eigenvalue weighted by Gasteiger charge is -2.37. The van der Waals surface area contributed by atoms with Crippen molar-refractivity contribution in [3.63, 3.8) is 0 Å². The van der Waals surface area contributed by atoms with Crippen LogP contribution in [0, 0.1) is 5.92 Å². The molecule has 2 aromatic carbocycles. The van der Waals surface area contributed by atoms with Crippen LogP contribution in [0.1, 0.15) is 38.3 Å². The first kappa shape index (κ1) is 21.8. The number of amides is 1. The van der Waals surface area contributed by atoms with Crippen LogP contribution in [-0.2, 0) is 14.3 Å². The van der Waals surface area contributed by atoms with Crippen LogP contribution in [0.5, 0.6) is 5.75 Å². The number of carbonyl (C=O) groups excluding carboxylic acids is 2. The molecule has 0 unspecified atom stereocenters. The van der Waals surface area contributed by atoms with Gasteiger partial charge in [0.1, 0.15) is 11.8 Å². The summed E-state index contributed by atoms with van der Waals surface area (Å²) in [6.45, 7) is 5.85. The van der Waals surface area contributed by atoms with Crippen LogP contribution >= 0.6 is 0 Å². The van der Waals surface area contributed by atoms with Crippen molar-refractivity contribution >= 4 is 17.6 Å². The molecule has 0 bridgehead atoms. The van der Waals surface area contributed by atoms with Gasteiger partial charge in [0, 0.05) is 6.54 Å². The van der Waals surface area contributed by atoms with Crippen molar-refractivity contribution in [1.29, 1.82) is 0 Å². The van der Waals surface area contributed by atoms with Crippen molar-refractivity contribution in [2.75, 3.05) is 31.6 Å². The number of likely N-dealkylation sites (tertiary alicyclic amines) is 1. The van der Waals surface area contributed by atoms with Crippen molar-refractivity contribution < 1.29 is 19.1 Å². The Balaban J connectivity index is 1.85. The van der Waals surface area contributed by atoms with Gasteiger partial charge in [-0.2, -0.15) is 0 Å². The molecule has 0 spiro atoms. The summed E-state index contributed by atoms with van der Waals surface area (Å²) in [6, 6.07) is 16.6. The Morgan fingerprint density at radius 1 is 1.07 bits per heavy atom. The van der Waals surface area contributed by atoms with E-state index in [4.69, 9.17) is 9.47 Å². The summed E-state index contributed by atoms with van der Waals surface area (Å²) in [5.41, 5.74) is 1.54. The molecule has 1 amide bonds. The van der Waals surface area contributed by atoms with E-state index in [0.29, 0.717) is 31.2 Å². The van der Waals surface area contributed by atoms with Gasteiger partial charge in [0.2, 0.25) is 5.91 Å². The van der Waals surface area contributed by atoms with Crippen LogP contribution < -0.4 is 10.1 Å². The minimum absolute atomic E-state index is 0.141. The summed E-state index contributed by atoms with van der Waals surface area (Å²) >= 11 is 0. The molecule has 0 aliphatic carbocycles. The van der Waals surface area contributed by atoms with Gasteiger partial charge in [-0.3, -0.25) is 14.5 Å². The van der Waals surface area contributed by atoms with E-state index in [2.05, 4.69) is 10.2 Å². The molecular formula is C24H30N2O4. The predicted octanol–water partition coefficient (Wildman–Crippen LogP) is 4.04. The third-order valence-electron chi connectivity index (χ3n) is 5.25. The van der Waals surface area contributed by atoms with E-state index in [9.17, 15) is 9.59 Å². The number of rotatable bonds is 8. The Kier molecular flexibility index (Phi) is 7.85. The van der Waals surface area contributed by atoms with Crippen molar-refractivity contribution in [2.24, 2.45) is 5.92 Å². The first-order valence-electron chi connectivity index (χ1n) is 10.6. The van der Waals surface area contributed by atoms with E-state index in [1.54, 1.807) is 0 Å². The highest BCUT2D eigenvalue weighted by molar-refractivity contribution is 5.96. The molecule has 0 saturated carbocycles. The van der Waals surface area contributed by atoms with Gasteiger partial charge in [-0.25, -0.2) is 0 Å². The number of benzene rings is 2. The second kappa shape index (κ2) is 10.8. The molecule has 1 aliphatic heterocycles. The van der Waals surface area contributed by atoms with Crippen LogP contribution in [0.15, 0.2) is 54.6 Å². The Bertz CT molecular complexity index is 840. The molecule has 6 heteroatoms. The number of hydrogen-bond donors (Lipinski definition) is 1. The van der Waals surface area contributed by atoms with Crippen LogP contribution in [-0.4, -0.2) is 43.1 Å². The Hall–Kier alpha value is -2.86. The van der Waals surface area contributed by atoms with E-state index in [1.807, 2.05) is 68.4 Å². The molecule has 0 aromatic heterocycles. The number of ether oxygens (including phenoxy) is 2. The first-order chi connectivity index (χ1) is 14.6. The molecule has 2 atom stereocenters. The fraction of sp³-hybridized carbons (Fsp3) is 0.417. The smallest absolute Gasteiger partial charge is 0.310 e. The Morgan fingerprint density at radius 3 is 2.53 bits per heavy atom. The summed E-state index contributed by atoms with van der Waals surface area (Å²) < 4.78 is 10.9. The second-order valence-corrected chi connectivity index (χ2v) is 7.32. The monoisotopic (exact) mass is 410 g/mol. The van der Waals surface area contributed by atoms with Gasteiger partial charge in [-0.1, -0.05) is 42.5 Å². The number of nitrogens with zero attached hydrogens (tertiary/aromatic N) is 1. The van der Waals surface area contributed by atoms with E-state index < -0.39 is 6.04 Å². The molecule has 160 valence electrons. The normalized spacial score (nSPS) is 17.7. The summed E-state index contributed by atoms with van der Waals surface area (Å²) in [5, 5.41) is 3.04. The minimum Gasteiger partial charge on any atom is -0.492 e. The quantitative estimate of drug-likeness (QED) is 0.665. The molecule has 1 aliphatic rings. The summed E-state index contributed by atoms with van der Waals surface area (Å²) in [6.07, 6.45) is 1.63. The minimum atomic E-state index is -0.502. The third-order valence-corrected chi connectivity index (χ3v) is 5.25. The largest absolute Gasteiger partial charge is 0.492 e. The summed E-state index contributed by atoms with van der Waals surface area (Å²) in [4.78, 5) is 27.8. The van der Waals surface area contributed by atoms with E-state index in [-0.39, 0.29) is 17.8 Å². The molecule has 6 nitrogen and oxygen atoms in total. The standard InChI is InChI=1S/C24H30N2O4/c1-3-29-21-15-9-8-14-20(21)25-23(27)22(18-11-6-5-7-12-18)26-16-10-13-19(17-26)24(28)30-4-2/h5-9,11-12,14-15,19,22H,3-4,10,13,16-17H2,1-2H3,(H,25,27)/t19-,22-/m0/s1. The van der Waals surface area contributed by atoms with Crippen molar-refractivity contribution in [3.05, 3.63) is 60.2 Å². The van der Waals surface area contributed by atoms with E-state index in [0.717, 1.165) is 24.9 Å². The first-order valence-corrected chi connectivity index (χ1v) is 10.6. The number of carbonyl (C=O) groups is 2. The second-order valence-electron chi connectivity index (χ2n) is 7.32. The molecular weight excluding hydrogens is 380 g/mol. The van der Waals surface area contributed by atoms with Gasteiger partial charge in [0.15, 0.2) is 0 Å². The zero-order chi connectivity index (χ0) is 21.3. The van der Waals surface area contributed by atoms with Crippen molar-refractivity contribution in [2.45, 2.75) is 32.7 Å². The maximum Gasteiger partial charge on any atom is 0.310 e. The third kappa shape index (κ3) is 5.39. The van der Waals surface area contributed by atoms with Crippen LogP contribution in [0.2, 0.25) is 0 Å². The van der Waals surface area contributed by atoms with E-state index >= 15 is 0 Å². The highest BCUT2D eigenvalue weighted by Crippen LogP contribution is 2.31. The molecule has 2 aromatic rings. The average Bonchev–Trinajstić information content (AvgIpc) is 2.77. The molecule has 30 heavy (non-hydrogen) atoms. The average molecular weight is 411 g/mol. The summed E-state index contributed by atoms with van der Waals surface area (Å²) in [5.74, 6) is 0.102. The number of para-hydroxylation sites is 2. The van der Waals surface area contributed by atoms with Gasteiger partial charge in [-0.15, -0.1) is 0 Å². The SMILES string of the molecule is CCOC(=O)[C@H]1CCCN([C@H](C(=O)Nc2ccccc2OCC)c2ccccc2)C1. The summed E-state index contributed by atoms with van der Waals surface area (Å²) in [7, 11) is 0. The van der Waals surface area contributed by atoms with Crippen molar-refractivity contribution in [3.8, 4) is 5.75 Å². The van der Waals surface area contributed by atoms with Gasteiger partial charge in [-0.05, 0) is 50.9 Å². The zero-order valence-corrected chi connectivity index (χ0v) is 17.7. The maximum atomic E-state index is 13.4. The molecule has 1 N–H and O–H groups in total. The Morgan fingerprint density at radius 2 is 1.80 bits per heavy atom. The maximum absolute atomic E-state index is 13.4. The number of piperidine rings is 1. The number of anilines is 1. The highest BCUT2D eigenvalue weighted by atomic mass is 16.5. The zero-order valence-electron chi connectivity index (χ0n) is 17.7. The molecule has 1 saturated heterocycles. The number of hydrogen-bond acceptors (Lipinski definition) is 5. The predicted molar refractivity (Wildman–Crippen MR) is 116 cm³/mol. The van der Waals surface area contributed by atoms with Gasteiger partial charge in [0.05, 0.1) is 24.8 Å². The highest BCUT2D eigenvalue weighted by Gasteiger charge is 2.35. The molecule has 1 fully saturated rings. The lowest BCUT2D eigenvalue weighted by atomic mass is 9.94. The molecule has 1 heterocycles. The number of nitrogens with one attached hydrogen (secondary N) is 1. The van der Waals surface area contributed by atoms with Crippen LogP contribution in [0.25, 0.3) is 0 Å². The van der Waals surface area contributed by atoms with Crippen LogP contribution in [0.3, 0.4) is 0 Å². The van der Waals surface area contributed by atoms with Gasteiger partial charge >= 0.3 is 5.97 Å². The van der Waals surface area contributed by atoms with Gasteiger partial charge < -0.3 is 14.8 Å². The molecule has 3 rings (SSSR count). The topological polar surface area (TPSA) is 67.9 Å². The molecule has 0 radical (unpaired) electrons. The van der Waals surface area contributed by atoms with Crippen molar-refractivity contribution in [1.82, 2.24) is 4.90 Å². The Labute approximate surface area is 178 Å². The van der Waals surface area contributed by atoms with Crippen LogP contribution in [0.4, 0.5) is 5.69 Å².